The van der Waals surface area contributed by atoms with Gasteiger partial charge in [-0.3, -0.25) is 24.0 Å². The van der Waals surface area contributed by atoms with Crippen molar-refractivity contribution in [2.24, 2.45) is 0 Å². The monoisotopic (exact) mass is 887 g/mol. The predicted molar refractivity (Wildman–Crippen MR) is 213 cm³/mol. The summed E-state index contributed by atoms with van der Waals surface area (Å²) in [6.45, 7) is 7.71. The number of hydrogen-bond donors (Lipinski definition) is 2. The van der Waals surface area contributed by atoms with Crippen molar-refractivity contribution in [2.75, 3.05) is 26.9 Å². The van der Waals surface area contributed by atoms with E-state index in [9.17, 15) is 38.7 Å². The van der Waals surface area contributed by atoms with Crippen LogP contribution in [0.2, 0.25) is 0 Å². The minimum atomic E-state index is -2.84. The highest BCUT2D eigenvalue weighted by Crippen LogP contribution is 2.41. The van der Waals surface area contributed by atoms with Crippen molar-refractivity contribution in [3.8, 4) is 0 Å². The van der Waals surface area contributed by atoms with Crippen LogP contribution in [0.3, 0.4) is 0 Å². The average molecular weight is 888 g/mol. The Kier molecular flexibility index (Phi) is 18.7. The molecule has 20 heteroatoms. The molecule has 4 rings (SSSR count). The summed E-state index contributed by atoms with van der Waals surface area (Å²) in [5.74, 6) is -9.53. The summed E-state index contributed by atoms with van der Waals surface area (Å²) >= 11 is 0. The molecule has 2 saturated heterocycles. The van der Waals surface area contributed by atoms with E-state index in [1.54, 1.807) is 30.3 Å². The molecule has 0 saturated carbocycles. The van der Waals surface area contributed by atoms with Crippen molar-refractivity contribution in [1.29, 1.82) is 0 Å². The standard InChI is InChI=1S/C43H53NO19/c1-8-19-55-41-39(61-40(51)30-17-13-10-14-18-30)38(35(50)32(60-41)22-54-21-29-15-11-9-12-16-29)63-43(42(52)53-7)20-31(57-26(4)47)34(44-24(2)45)37(62-43)36(59-28(6)49)33(58-27(5)48)23-56-25(3)46/h8-18,31-39,41,50H,1,19-23H2,2-7H3,(H,44,45)/t31-,32+,33+,34+,35-,36+,37+,38-,39+,41-,43-/m0/s1. The predicted octanol–water partition coefficient (Wildman–Crippen LogP) is 1.62. The van der Waals surface area contributed by atoms with Crippen molar-refractivity contribution in [3.05, 3.63) is 84.4 Å². The zero-order valence-electron chi connectivity index (χ0n) is 35.7. The first-order valence-corrected chi connectivity index (χ1v) is 19.8. The lowest BCUT2D eigenvalue weighted by Crippen LogP contribution is -2.71. The molecule has 2 fully saturated rings. The van der Waals surface area contributed by atoms with Crippen LogP contribution in [0.5, 0.6) is 0 Å². The Bertz CT molecular complexity index is 1890. The number of benzene rings is 2. The quantitative estimate of drug-likeness (QED) is 0.109. The summed E-state index contributed by atoms with van der Waals surface area (Å²) in [5.41, 5.74) is 0.851. The molecule has 0 aromatic heterocycles. The summed E-state index contributed by atoms with van der Waals surface area (Å²) in [4.78, 5) is 90.8. The van der Waals surface area contributed by atoms with E-state index in [0.29, 0.717) is 0 Å². The summed E-state index contributed by atoms with van der Waals surface area (Å²) in [7, 11) is 0.960. The molecule has 2 heterocycles. The number of amides is 1. The Labute approximate surface area is 363 Å². The average Bonchev–Trinajstić information content (AvgIpc) is 3.23. The molecule has 11 atom stereocenters. The van der Waals surface area contributed by atoms with E-state index in [1.165, 1.54) is 18.2 Å². The van der Waals surface area contributed by atoms with E-state index >= 15 is 0 Å². The Morgan fingerprint density at radius 3 is 2.10 bits per heavy atom. The fraction of sp³-hybridized carbons (Fsp3) is 0.512. The van der Waals surface area contributed by atoms with E-state index in [2.05, 4.69) is 11.9 Å². The lowest BCUT2D eigenvalue weighted by Gasteiger charge is -2.51. The molecule has 2 N–H and O–H groups in total. The number of hydrogen-bond acceptors (Lipinski definition) is 19. The molecule has 2 aliphatic heterocycles. The Morgan fingerprint density at radius 1 is 0.873 bits per heavy atom. The van der Waals surface area contributed by atoms with E-state index in [1.807, 2.05) is 18.2 Å². The van der Waals surface area contributed by atoms with Gasteiger partial charge in [-0.2, -0.15) is 0 Å². The smallest absolute Gasteiger partial charge is 0.366 e. The Balaban J connectivity index is 1.92. The van der Waals surface area contributed by atoms with Crippen LogP contribution in [0.25, 0.3) is 0 Å². The molecule has 20 nitrogen and oxygen atoms in total. The topological polar surface area (TPSA) is 253 Å². The van der Waals surface area contributed by atoms with Crippen molar-refractivity contribution < 1.29 is 90.8 Å². The second kappa shape index (κ2) is 23.6. The molecule has 0 bridgehead atoms. The van der Waals surface area contributed by atoms with Gasteiger partial charge < -0.3 is 62.5 Å². The third-order valence-corrected chi connectivity index (χ3v) is 9.46. The van der Waals surface area contributed by atoms with Gasteiger partial charge in [-0.15, -0.1) is 6.58 Å². The second-order valence-corrected chi connectivity index (χ2v) is 14.4. The van der Waals surface area contributed by atoms with Crippen LogP contribution in [-0.2, 0) is 87.5 Å². The molecule has 0 spiro atoms. The normalized spacial score (nSPS) is 26.4. The lowest BCUT2D eigenvalue weighted by atomic mass is 9.87. The second-order valence-electron chi connectivity index (χ2n) is 14.4. The molecule has 0 radical (unpaired) electrons. The van der Waals surface area contributed by atoms with Gasteiger partial charge in [0.2, 0.25) is 5.91 Å². The number of ether oxygens (including phenoxy) is 11. The van der Waals surface area contributed by atoms with Gasteiger partial charge in [0.1, 0.15) is 37.1 Å². The number of methoxy groups -OCH3 is 1. The molecule has 2 aliphatic rings. The molecule has 1 amide bonds. The highest BCUT2D eigenvalue weighted by molar-refractivity contribution is 5.89. The fourth-order valence-corrected chi connectivity index (χ4v) is 6.96. The van der Waals surface area contributed by atoms with E-state index in [0.717, 1.165) is 47.3 Å². The first kappa shape index (κ1) is 49.9. The number of esters is 6. The van der Waals surface area contributed by atoms with Gasteiger partial charge in [0.15, 0.2) is 24.6 Å². The molecule has 0 aliphatic carbocycles. The molecular formula is C43H53NO19. The third-order valence-electron chi connectivity index (χ3n) is 9.46. The number of aliphatic hydroxyl groups excluding tert-OH is 1. The van der Waals surface area contributed by atoms with E-state index in [-0.39, 0.29) is 25.4 Å². The first-order chi connectivity index (χ1) is 30.0. The van der Waals surface area contributed by atoms with Gasteiger partial charge in [0.05, 0.1) is 45.0 Å². The summed E-state index contributed by atoms with van der Waals surface area (Å²) < 4.78 is 64.1. The minimum absolute atomic E-state index is 0.0692. The maximum atomic E-state index is 14.3. The zero-order valence-corrected chi connectivity index (χ0v) is 35.7. The highest BCUT2D eigenvalue weighted by atomic mass is 16.8. The summed E-state index contributed by atoms with van der Waals surface area (Å²) in [5, 5.41) is 14.8. The van der Waals surface area contributed by atoms with Gasteiger partial charge >= 0.3 is 35.8 Å². The number of carbonyl (C=O) groups excluding carboxylic acids is 7. The SMILES string of the molecule is C=CCO[C@H]1O[C@H](COCc2ccccc2)[C@H](O)[C@H](O[C@]2(C(=O)OC)C[C@H](OC(C)=O)[C@@H](NC(C)=O)[C@H]([C@H](OC(C)=O)[C@@H](COC(C)=O)OC(C)=O)O2)[C@H]1OC(=O)c1ccccc1. The van der Waals surface area contributed by atoms with Crippen molar-refractivity contribution in [2.45, 2.75) is 115 Å². The van der Waals surface area contributed by atoms with E-state index in [4.69, 9.17) is 52.1 Å². The Morgan fingerprint density at radius 2 is 1.52 bits per heavy atom. The molecule has 63 heavy (non-hydrogen) atoms. The van der Waals surface area contributed by atoms with Gasteiger partial charge in [0.25, 0.3) is 5.79 Å². The van der Waals surface area contributed by atoms with Crippen molar-refractivity contribution in [3.63, 3.8) is 0 Å². The molecule has 2 aromatic rings. The third kappa shape index (κ3) is 14.1. The molecule has 344 valence electrons. The van der Waals surface area contributed by atoms with Gasteiger partial charge in [0, 0.05) is 34.6 Å². The minimum Gasteiger partial charge on any atom is -0.465 e. The van der Waals surface area contributed by atoms with E-state index < -0.39 is 122 Å². The van der Waals surface area contributed by atoms with Crippen LogP contribution in [0.1, 0.15) is 57.0 Å². The molecule has 2 aromatic carbocycles. The van der Waals surface area contributed by atoms with Crippen LogP contribution in [0, 0.1) is 0 Å². The van der Waals surface area contributed by atoms with Gasteiger partial charge in [-0.05, 0) is 17.7 Å². The number of aliphatic hydroxyl groups is 1. The molecular weight excluding hydrogens is 834 g/mol. The van der Waals surface area contributed by atoms with Crippen LogP contribution < -0.4 is 5.32 Å². The van der Waals surface area contributed by atoms with Crippen LogP contribution in [0.15, 0.2) is 73.3 Å². The van der Waals surface area contributed by atoms with Gasteiger partial charge in [-0.25, -0.2) is 9.59 Å². The first-order valence-electron chi connectivity index (χ1n) is 19.8. The lowest BCUT2D eigenvalue weighted by molar-refractivity contribution is -0.369. The summed E-state index contributed by atoms with van der Waals surface area (Å²) in [6, 6.07) is 15.3. The largest absolute Gasteiger partial charge is 0.465 e. The molecule has 0 unspecified atom stereocenters. The number of carbonyl (C=O) groups is 7. The maximum Gasteiger partial charge on any atom is 0.366 e. The van der Waals surface area contributed by atoms with Crippen LogP contribution in [-0.4, -0.2) is 141 Å². The van der Waals surface area contributed by atoms with Gasteiger partial charge in [-0.1, -0.05) is 54.6 Å². The van der Waals surface area contributed by atoms with Crippen LogP contribution >= 0.6 is 0 Å². The summed E-state index contributed by atoms with van der Waals surface area (Å²) in [6.07, 6.45) is -14.8. The number of nitrogens with one attached hydrogen (secondary N) is 1. The number of rotatable bonds is 20. The van der Waals surface area contributed by atoms with Crippen molar-refractivity contribution >= 4 is 41.7 Å². The van der Waals surface area contributed by atoms with Crippen LogP contribution in [0.4, 0.5) is 0 Å². The maximum absolute atomic E-state index is 14.3. The highest BCUT2D eigenvalue weighted by Gasteiger charge is 2.62. The van der Waals surface area contributed by atoms with Crippen molar-refractivity contribution in [1.82, 2.24) is 5.32 Å². The zero-order chi connectivity index (χ0) is 46.3. The Hall–Kier alpha value is -5.77. The fourth-order valence-electron chi connectivity index (χ4n) is 6.96.